The summed E-state index contributed by atoms with van der Waals surface area (Å²) in [5.41, 5.74) is 3.83. The zero-order valence-electron chi connectivity index (χ0n) is 20.2. The fourth-order valence-corrected chi connectivity index (χ4v) is 8.22. The molecule has 5 atom stereocenters. The molecule has 0 aromatic heterocycles. The molecule has 5 aliphatic rings. The van der Waals surface area contributed by atoms with Gasteiger partial charge in [-0.15, -0.1) is 0 Å². The summed E-state index contributed by atoms with van der Waals surface area (Å²) in [5, 5.41) is 12.5. The van der Waals surface area contributed by atoms with Crippen molar-refractivity contribution in [3.8, 4) is 0 Å². The third-order valence-corrected chi connectivity index (χ3v) is 9.89. The number of allylic oxidation sites excluding steroid dienone is 1. The molecular formula is C28H37NO4. The molecule has 5 nitrogen and oxygen atoms in total. The number of nitrogens with zero attached hydrogens (tertiary/aromatic N) is 1. The van der Waals surface area contributed by atoms with Gasteiger partial charge in [0, 0.05) is 38.0 Å². The molecule has 3 saturated carbocycles. The molecule has 0 bridgehead atoms. The SMILES string of the molecule is CN(C)c1ccc(C2C3(CCC4=C5CC[C@]6(C)C(=O)CC[C@H]6[C@@H]5CC[C@]42O)OCCO3)cc1. The largest absolute Gasteiger partial charge is 0.385 e. The van der Waals surface area contributed by atoms with E-state index in [4.69, 9.17) is 9.47 Å². The second-order valence-electron chi connectivity index (χ2n) is 11.5. The first-order valence-electron chi connectivity index (χ1n) is 12.8. The number of anilines is 1. The molecule has 0 radical (unpaired) electrons. The van der Waals surface area contributed by atoms with Gasteiger partial charge in [0.2, 0.25) is 0 Å². The van der Waals surface area contributed by atoms with Gasteiger partial charge in [0.25, 0.3) is 0 Å². The van der Waals surface area contributed by atoms with Gasteiger partial charge < -0.3 is 19.5 Å². The lowest BCUT2D eigenvalue weighted by Crippen LogP contribution is -2.58. The quantitative estimate of drug-likeness (QED) is 0.667. The van der Waals surface area contributed by atoms with Crippen LogP contribution in [0.3, 0.4) is 0 Å². The van der Waals surface area contributed by atoms with Gasteiger partial charge in [-0.25, -0.2) is 0 Å². The number of carbonyl (C=O) groups is 1. The Bertz CT molecular complexity index is 992. The molecule has 1 aromatic carbocycles. The van der Waals surface area contributed by atoms with Crippen molar-refractivity contribution < 1.29 is 19.4 Å². The molecule has 0 amide bonds. The molecule has 6 rings (SSSR count). The van der Waals surface area contributed by atoms with Crippen molar-refractivity contribution in [2.45, 2.75) is 75.6 Å². The van der Waals surface area contributed by atoms with E-state index in [9.17, 15) is 9.90 Å². The monoisotopic (exact) mass is 451 g/mol. The number of hydrogen-bond donors (Lipinski definition) is 1. The highest BCUT2D eigenvalue weighted by atomic mass is 16.7. The maximum atomic E-state index is 12.7. The molecule has 1 heterocycles. The smallest absolute Gasteiger partial charge is 0.178 e. The molecule has 1 saturated heterocycles. The number of benzene rings is 1. The first kappa shape index (κ1) is 21.8. The normalized spacial score (nSPS) is 39.4. The lowest BCUT2D eigenvalue weighted by atomic mass is 9.52. The summed E-state index contributed by atoms with van der Waals surface area (Å²) >= 11 is 0. The topological polar surface area (TPSA) is 59.0 Å². The average molecular weight is 452 g/mol. The van der Waals surface area contributed by atoms with Crippen LogP contribution >= 0.6 is 0 Å². The van der Waals surface area contributed by atoms with Crippen molar-refractivity contribution in [1.29, 1.82) is 0 Å². The highest BCUT2D eigenvalue weighted by molar-refractivity contribution is 5.87. The third-order valence-electron chi connectivity index (χ3n) is 9.89. The van der Waals surface area contributed by atoms with Gasteiger partial charge in [-0.1, -0.05) is 24.6 Å². The zero-order valence-corrected chi connectivity index (χ0v) is 20.2. The van der Waals surface area contributed by atoms with E-state index in [1.165, 1.54) is 11.1 Å². The van der Waals surface area contributed by atoms with Crippen LogP contribution in [0, 0.1) is 17.3 Å². The van der Waals surface area contributed by atoms with E-state index in [0.717, 1.165) is 56.2 Å². The molecule has 1 aliphatic heterocycles. The second kappa shape index (κ2) is 7.40. The predicted octanol–water partition coefficient (Wildman–Crippen LogP) is 4.59. The summed E-state index contributed by atoms with van der Waals surface area (Å²) in [6, 6.07) is 8.56. The van der Waals surface area contributed by atoms with Crippen molar-refractivity contribution >= 4 is 11.5 Å². The van der Waals surface area contributed by atoms with Crippen molar-refractivity contribution in [3.63, 3.8) is 0 Å². The minimum absolute atomic E-state index is 0.154. The number of Topliss-reactive ketones (excluding diaryl/α,β-unsaturated/α-hetero) is 1. The van der Waals surface area contributed by atoms with Crippen molar-refractivity contribution in [2.24, 2.45) is 17.3 Å². The van der Waals surface area contributed by atoms with E-state index in [1.807, 2.05) is 14.1 Å². The van der Waals surface area contributed by atoms with Crippen LogP contribution in [0.25, 0.3) is 0 Å². The van der Waals surface area contributed by atoms with Crippen LogP contribution in [-0.4, -0.2) is 49.6 Å². The Kier molecular flexibility index (Phi) is 4.89. The number of fused-ring (bicyclic) bond motifs is 4. The fourth-order valence-electron chi connectivity index (χ4n) is 8.22. The molecule has 1 unspecified atom stereocenters. The van der Waals surface area contributed by atoms with Crippen LogP contribution in [0.15, 0.2) is 35.4 Å². The van der Waals surface area contributed by atoms with Gasteiger partial charge >= 0.3 is 0 Å². The maximum absolute atomic E-state index is 12.7. The Labute approximate surface area is 197 Å². The molecule has 5 heteroatoms. The van der Waals surface area contributed by atoms with E-state index in [0.29, 0.717) is 37.3 Å². The van der Waals surface area contributed by atoms with Crippen LogP contribution in [0.2, 0.25) is 0 Å². The number of hydrogen-bond acceptors (Lipinski definition) is 5. The Hall–Kier alpha value is -1.69. The highest BCUT2D eigenvalue weighted by Gasteiger charge is 2.63. The van der Waals surface area contributed by atoms with Gasteiger partial charge in [-0.3, -0.25) is 4.79 Å². The van der Waals surface area contributed by atoms with Crippen LogP contribution in [-0.2, 0) is 14.3 Å². The summed E-state index contributed by atoms with van der Waals surface area (Å²) in [7, 11) is 4.09. The lowest BCUT2D eigenvalue weighted by molar-refractivity contribution is -0.225. The van der Waals surface area contributed by atoms with Gasteiger partial charge in [-0.2, -0.15) is 0 Å². The molecular weight excluding hydrogens is 414 g/mol. The third kappa shape index (κ3) is 2.98. The molecule has 1 spiro atoms. The standard InChI is InChI=1S/C28H37NO4/c1-26-13-10-21-20(22(26)8-9-24(26)30)11-14-27(31)23(21)12-15-28(32-16-17-33-28)25(27)18-4-6-19(7-5-18)29(2)3/h4-7,20,22,25,31H,8-17H2,1-3H3/t20-,22+,25?,26+,27+/m1/s1. The lowest BCUT2D eigenvalue weighted by Gasteiger charge is -2.56. The van der Waals surface area contributed by atoms with Crippen molar-refractivity contribution in [3.05, 3.63) is 41.0 Å². The van der Waals surface area contributed by atoms with E-state index >= 15 is 0 Å². The van der Waals surface area contributed by atoms with Gasteiger partial charge in [0.1, 0.15) is 5.78 Å². The maximum Gasteiger partial charge on any atom is 0.178 e. The number of ketones is 1. The minimum atomic E-state index is -0.954. The van der Waals surface area contributed by atoms with E-state index in [2.05, 4.69) is 36.1 Å². The summed E-state index contributed by atoms with van der Waals surface area (Å²) < 4.78 is 12.6. The van der Waals surface area contributed by atoms with Crippen LogP contribution < -0.4 is 4.90 Å². The zero-order chi connectivity index (χ0) is 23.0. The second-order valence-corrected chi connectivity index (χ2v) is 11.5. The fraction of sp³-hybridized carbons (Fsp3) is 0.679. The van der Waals surface area contributed by atoms with E-state index in [-0.39, 0.29) is 11.3 Å². The van der Waals surface area contributed by atoms with Gasteiger partial charge in [0.15, 0.2) is 5.79 Å². The molecule has 4 aliphatic carbocycles. The first-order valence-corrected chi connectivity index (χ1v) is 12.8. The van der Waals surface area contributed by atoms with Gasteiger partial charge in [0.05, 0.1) is 24.7 Å². The minimum Gasteiger partial charge on any atom is -0.385 e. The molecule has 1 aromatic rings. The van der Waals surface area contributed by atoms with Crippen LogP contribution in [0.5, 0.6) is 0 Å². The summed E-state index contributed by atoms with van der Waals surface area (Å²) in [4.78, 5) is 14.8. The van der Waals surface area contributed by atoms with E-state index < -0.39 is 11.4 Å². The number of ether oxygens (including phenoxy) is 2. The Balaban J connectivity index is 1.44. The van der Waals surface area contributed by atoms with E-state index in [1.54, 1.807) is 0 Å². The molecule has 178 valence electrons. The van der Waals surface area contributed by atoms with Crippen LogP contribution in [0.1, 0.15) is 69.8 Å². The van der Waals surface area contributed by atoms with Crippen molar-refractivity contribution in [2.75, 3.05) is 32.2 Å². The average Bonchev–Trinajstić information content (AvgIpc) is 3.38. The number of carbonyl (C=O) groups excluding carboxylic acids is 1. The Morgan fingerprint density at radius 2 is 1.70 bits per heavy atom. The molecule has 4 fully saturated rings. The summed E-state index contributed by atoms with van der Waals surface area (Å²) in [5.74, 6) is 0.365. The highest BCUT2D eigenvalue weighted by Crippen LogP contribution is 2.64. The number of rotatable bonds is 2. The molecule has 1 N–H and O–H groups in total. The summed E-state index contributed by atoms with van der Waals surface area (Å²) in [6.45, 7) is 3.37. The summed E-state index contributed by atoms with van der Waals surface area (Å²) in [6.07, 6.45) is 6.90. The van der Waals surface area contributed by atoms with Crippen molar-refractivity contribution in [1.82, 2.24) is 0 Å². The predicted molar refractivity (Wildman–Crippen MR) is 127 cm³/mol. The Morgan fingerprint density at radius 3 is 2.39 bits per heavy atom. The molecule has 33 heavy (non-hydrogen) atoms. The van der Waals surface area contributed by atoms with Crippen LogP contribution in [0.4, 0.5) is 5.69 Å². The van der Waals surface area contributed by atoms with Gasteiger partial charge in [-0.05, 0) is 73.6 Å². The Morgan fingerprint density at radius 1 is 0.970 bits per heavy atom. The number of aliphatic hydroxyl groups is 1. The first-order chi connectivity index (χ1) is 15.8.